The number of H-pyrrole nitrogens is 1. The second-order valence-electron chi connectivity index (χ2n) is 8.56. The first-order chi connectivity index (χ1) is 15.2. The van der Waals surface area contributed by atoms with Gasteiger partial charge in [-0.1, -0.05) is 48.5 Å². The van der Waals surface area contributed by atoms with Gasteiger partial charge < -0.3 is 14.8 Å². The Morgan fingerprint density at radius 1 is 0.871 bits per heavy atom. The third-order valence-electron chi connectivity index (χ3n) is 6.58. The Labute approximate surface area is 182 Å². The predicted octanol–water partition coefficient (Wildman–Crippen LogP) is 2.63. The summed E-state index contributed by atoms with van der Waals surface area (Å²) in [4.78, 5) is 35.1. The molecule has 2 aromatic carbocycles. The number of aromatic amines is 1. The molecule has 31 heavy (non-hydrogen) atoms. The quantitative estimate of drug-likeness (QED) is 0.696. The molecule has 6 heteroatoms. The summed E-state index contributed by atoms with van der Waals surface area (Å²) >= 11 is 0. The minimum Gasteiger partial charge on any atom is -0.360 e. The number of piperazine rings is 1. The minimum absolute atomic E-state index is 0.00670. The SMILES string of the molecule is O=C(c1c[nH]c2ccccc12)N1CC(C(=O)N2CCN(CCc3ccccc3)CC2)C1. The fourth-order valence-electron chi connectivity index (χ4n) is 4.60. The van der Waals surface area contributed by atoms with Gasteiger partial charge in [-0.3, -0.25) is 14.5 Å². The zero-order valence-electron chi connectivity index (χ0n) is 17.7. The number of carbonyl (C=O) groups excluding carboxylic acids is 2. The summed E-state index contributed by atoms with van der Waals surface area (Å²) in [5, 5.41) is 0.939. The van der Waals surface area contributed by atoms with Gasteiger partial charge in [-0.05, 0) is 18.1 Å². The van der Waals surface area contributed by atoms with E-state index in [1.54, 1.807) is 11.1 Å². The van der Waals surface area contributed by atoms with E-state index in [1.165, 1.54) is 5.56 Å². The summed E-state index contributed by atoms with van der Waals surface area (Å²) in [6.07, 6.45) is 2.82. The Morgan fingerprint density at radius 2 is 1.58 bits per heavy atom. The van der Waals surface area contributed by atoms with E-state index < -0.39 is 0 Å². The van der Waals surface area contributed by atoms with Crippen molar-refractivity contribution < 1.29 is 9.59 Å². The van der Waals surface area contributed by atoms with Crippen molar-refractivity contribution in [1.29, 1.82) is 0 Å². The highest BCUT2D eigenvalue weighted by molar-refractivity contribution is 6.07. The van der Waals surface area contributed by atoms with Crippen LogP contribution < -0.4 is 0 Å². The fraction of sp³-hybridized carbons (Fsp3) is 0.360. The molecule has 160 valence electrons. The molecule has 0 atom stereocenters. The third kappa shape index (κ3) is 4.08. The van der Waals surface area contributed by atoms with Crippen molar-refractivity contribution in [2.24, 2.45) is 5.92 Å². The Balaban J connectivity index is 1.09. The monoisotopic (exact) mass is 416 g/mol. The van der Waals surface area contributed by atoms with Crippen molar-refractivity contribution >= 4 is 22.7 Å². The molecule has 0 radical (unpaired) electrons. The summed E-state index contributed by atoms with van der Waals surface area (Å²) in [7, 11) is 0. The van der Waals surface area contributed by atoms with E-state index in [2.05, 4.69) is 34.1 Å². The number of amides is 2. The molecule has 2 aliphatic heterocycles. The van der Waals surface area contributed by atoms with Crippen LogP contribution in [0.5, 0.6) is 0 Å². The Morgan fingerprint density at radius 3 is 2.35 bits per heavy atom. The molecule has 0 spiro atoms. The van der Waals surface area contributed by atoms with E-state index in [9.17, 15) is 9.59 Å². The first-order valence-corrected chi connectivity index (χ1v) is 11.1. The van der Waals surface area contributed by atoms with Gasteiger partial charge in [-0.2, -0.15) is 0 Å². The first-order valence-electron chi connectivity index (χ1n) is 11.1. The molecule has 1 N–H and O–H groups in total. The molecule has 2 amide bonds. The van der Waals surface area contributed by atoms with Gasteiger partial charge >= 0.3 is 0 Å². The van der Waals surface area contributed by atoms with E-state index in [-0.39, 0.29) is 17.7 Å². The van der Waals surface area contributed by atoms with Crippen molar-refractivity contribution in [2.45, 2.75) is 6.42 Å². The van der Waals surface area contributed by atoms with E-state index in [1.807, 2.05) is 35.2 Å². The van der Waals surface area contributed by atoms with Gasteiger partial charge in [-0.15, -0.1) is 0 Å². The van der Waals surface area contributed by atoms with E-state index >= 15 is 0 Å². The highest BCUT2D eigenvalue weighted by Crippen LogP contribution is 2.25. The highest BCUT2D eigenvalue weighted by Gasteiger charge is 2.39. The number of nitrogens with one attached hydrogen (secondary N) is 1. The van der Waals surface area contributed by atoms with Gasteiger partial charge in [0.1, 0.15) is 0 Å². The first kappa shape index (κ1) is 19.8. The van der Waals surface area contributed by atoms with Crippen molar-refractivity contribution in [3.05, 3.63) is 71.9 Å². The topological polar surface area (TPSA) is 59.7 Å². The molecule has 3 aromatic rings. The maximum Gasteiger partial charge on any atom is 0.256 e. The van der Waals surface area contributed by atoms with Crippen LogP contribution in [0.25, 0.3) is 10.9 Å². The zero-order chi connectivity index (χ0) is 21.2. The molecule has 1 aromatic heterocycles. The van der Waals surface area contributed by atoms with Crippen molar-refractivity contribution in [1.82, 2.24) is 19.7 Å². The average Bonchev–Trinajstić information content (AvgIpc) is 3.22. The molecule has 3 heterocycles. The van der Waals surface area contributed by atoms with E-state index in [0.29, 0.717) is 18.7 Å². The van der Waals surface area contributed by atoms with Gasteiger partial charge in [0, 0.05) is 62.9 Å². The molecule has 0 aliphatic carbocycles. The minimum atomic E-state index is -0.0648. The summed E-state index contributed by atoms with van der Waals surface area (Å²) in [5.41, 5.74) is 3.01. The summed E-state index contributed by atoms with van der Waals surface area (Å²) in [6.45, 7) is 5.47. The number of para-hydroxylation sites is 1. The molecule has 0 bridgehead atoms. The molecule has 0 unspecified atom stereocenters. The van der Waals surface area contributed by atoms with E-state index in [4.69, 9.17) is 0 Å². The number of aromatic nitrogens is 1. The maximum absolute atomic E-state index is 12.9. The zero-order valence-corrected chi connectivity index (χ0v) is 17.7. The Kier molecular flexibility index (Phi) is 5.47. The lowest BCUT2D eigenvalue weighted by atomic mass is 9.96. The number of carbonyl (C=O) groups is 2. The molecule has 5 rings (SSSR count). The molecular formula is C25H28N4O2. The van der Waals surface area contributed by atoms with Crippen LogP contribution in [0, 0.1) is 5.92 Å². The second-order valence-corrected chi connectivity index (χ2v) is 8.56. The second kappa shape index (κ2) is 8.55. The van der Waals surface area contributed by atoms with Crippen molar-refractivity contribution in [3.63, 3.8) is 0 Å². The number of benzene rings is 2. The Hall–Kier alpha value is -3.12. The summed E-state index contributed by atoms with van der Waals surface area (Å²) < 4.78 is 0. The lowest BCUT2D eigenvalue weighted by Crippen LogP contribution is -2.59. The molecular weight excluding hydrogens is 388 g/mol. The van der Waals surface area contributed by atoms with Crippen LogP contribution in [0.3, 0.4) is 0 Å². The molecule has 2 fully saturated rings. The van der Waals surface area contributed by atoms with Crippen LogP contribution >= 0.6 is 0 Å². The standard InChI is InChI=1S/C25H28N4O2/c30-24(28-14-12-27(13-15-28)11-10-19-6-2-1-3-7-19)20-17-29(18-20)25(31)22-16-26-23-9-5-4-8-21(22)23/h1-9,16,20,26H,10-15,17-18H2. The molecule has 2 aliphatic rings. The fourth-order valence-corrected chi connectivity index (χ4v) is 4.60. The largest absolute Gasteiger partial charge is 0.360 e. The Bertz CT molecular complexity index is 1060. The van der Waals surface area contributed by atoms with Gasteiger partial charge in [-0.25, -0.2) is 0 Å². The highest BCUT2D eigenvalue weighted by atomic mass is 16.2. The van der Waals surface area contributed by atoms with Gasteiger partial charge in [0.15, 0.2) is 0 Å². The van der Waals surface area contributed by atoms with Crippen LogP contribution in [-0.4, -0.2) is 77.3 Å². The molecule has 0 saturated carbocycles. The normalized spacial score (nSPS) is 17.7. The third-order valence-corrected chi connectivity index (χ3v) is 6.58. The summed E-state index contributed by atoms with van der Waals surface area (Å²) in [6, 6.07) is 18.4. The number of nitrogens with zero attached hydrogens (tertiary/aromatic N) is 3. The van der Waals surface area contributed by atoms with Gasteiger partial charge in [0.2, 0.25) is 5.91 Å². The van der Waals surface area contributed by atoms with Crippen LogP contribution in [0.4, 0.5) is 0 Å². The lowest BCUT2D eigenvalue weighted by molar-refractivity contribution is -0.141. The van der Waals surface area contributed by atoms with Crippen LogP contribution in [0.15, 0.2) is 60.8 Å². The molecule has 6 nitrogen and oxygen atoms in total. The van der Waals surface area contributed by atoms with Crippen molar-refractivity contribution in [3.8, 4) is 0 Å². The number of fused-ring (bicyclic) bond motifs is 1. The van der Waals surface area contributed by atoms with Crippen LogP contribution in [0.2, 0.25) is 0 Å². The number of hydrogen-bond acceptors (Lipinski definition) is 3. The van der Waals surface area contributed by atoms with Crippen LogP contribution in [0.1, 0.15) is 15.9 Å². The number of hydrogen-bond donors (Lipinski definition) is 1. The average molecular weight is 417 g/mol. The smallest absolute Gasteiger partial charge is 0.256 e. The maximum atomic E-state index is 12.9. The van der Waals surface area contributed by atoms with Crippen LogP contribution in [-0.2, 0) is 11.2 Å². The van der Waals surface area contributed by atoms with Crippen molar-refractivity contribution in [2.75, 3.05) is 45.8 Å². The predicted molar refractivity (Wildman–Crippen MR) is 121 cm³/mol. The molecule has 2 saturated heterocycles. The van der Waals surface area contributed by atoms with E-state index in [0.717, 1.165) is 50.0 Å². The van der Waals surface area contributed by atoms with Gasteiger partial charge in [0.05, 0.1) is 11.5 Å². The summed E-state index contributed by atoms with van der Waals surface area (Å²) in [5.74, 6) is 0.142. The lowest BCUT2D eigenvalue weighted by Gasteiger charge is -2.42. The van der Waals surface area contributed by atoms with Gasteiger partial charge in [0.25, 0.3) is 5.91 Å². The number of rotatable bonds is 5. The number of likely N-dealkylation sites (tertiary alicyclic amines) is 1.